The van der Waals surface area contributed by atoms with Crippen LogP contribution in [-0.2, 0) is 5.41 Å². The van der Waals surface area contributed by atoms with Crippen LogP contribution in [0.1, 0.15) is 71.4 Å². The van der Waals surface area contributed by atoms with Gasteiger partial charge in [0.2, 0.25) is 0 Å². The average molecular weight is 234 g/mol. The summed E-state index contributed by atoms with van der Waals surface area (Å²) in [6.45, 7) is 6.87. The molecule has 0 spiro atoms. The largest absolute Gasteiger partial charge is 0.245 e. The summed E-state index contributed by atoms with van der Waals surface area (Å²) < 4.78 is 0. The van der Waals surface area contributed by atoms with Crippen molar-refractivity contribution in [1.82, 2.24) is 9.97 Å². The highest BCUT2D eigenvalue weighted by Gasteiger charge is 2.26. The van der Waals surface area contributed by atoms with Crippen LogP contribution in [0.5, 0.6) is 0 Å². The van der Waals surface area contributed by atoms with Gasteiger partial charge in [0.15, 0.2) is 0 Å². The van der Waals surface area contributed by atoms with E-state index in [2.05, 4.69) is 36.8 Å². The molecule has 1 rings (SSSR count). The summed E-state index contributed by atoms with van der Waals surface area (Å²) in [6.07, 6.45) is 12.5. The predicted molar refractivity (Wildman–Crippen MR) is 73.1 cm³/mol. The molecule has 0 aliphatic rings. The Bertz CT molecular complexity index is 297. The number of nitrogens with zero attached hydrogens (tertiary/aromatic N) is 2. The number of aromatic nitrogens is 2. The maximum atomic E-state index is 4.46. The van der Waals surface area contributed by atoms with Crippen molar-refractivity contribution < 1.29 is 0 Å². The molecule has 0 aromatic carbocycles. The van der Waals surface area contributed by atoms with Gasteiger partial charge in [-0.3, -0.25) is 0 Å². The fraction of sp³-hybridized carbons (Fsp3) is 0.733. The Kier molecular flexibility index (Phi) is 6.17. The predicted octanol–water partition coefficient (Wildman–Crippen LogP) is 4.50. The molecular weight excluding hydrogens is 208 g/mol. The van der Waals surface area contributed by atoms with Crippen LogP contribution in [0.3, 0.4) is 0 Å². The lowest BCUT2D eigenvalue weighted by Crippen LogP contribution is -2.23. The first-order chi connectivity index (χ1) is 8.23. The minimum atomic E-state index is 0.241. The van der Waals surface area contributed by atoms with E-state index in [1.54, 1.807) is 6.33 Å². The van der Waals surface area contributed by atoms with Gasteiger partial charge in [0, 0.05) is 17.3 Å². The van der Waals surface area contributed by atoms with Gasteiger partial charge in [-0.15, -0.1) is 0 Å². The maximum absolute atomic E-state index is 4.46. The Balaban J connectivity index is 2.62. The topological polar surface area (TPSA) is 25.8 Å². The molecule has 1 atom stereocenters. The zero-order valence-electron chi connectivity index (χ0n) is 11.6. The quantitative estimate of drug-likeness (QED) is 0.619. The van der Waals surface area contributed by atoms with E-state index in [0.717, 1.165) is 0 Å². The second-order valence-corrected chi connectivity index (χ2v) is 5.22. The molecule has 0 amide bonds. The summed E-state index contributed by atoms with van der Waals surface area (Å²) >= 11 is 0. The van der Waals surface area contributed by atoms with E-state index in [1.807, 2.05) is 6.20 Å². The van der Waals surface area contributed by atoms with Crippen LogP contribution >= 0.6 is 0 Å². The Morgan fingerprint density at radius 1 is 1.06 bits per heavy atom. The van der Waals surface area contributed by atoms with Crippen molar-refractivity contribution in [1.29, 1.82) is 0 Å². The van der Waals surface area contributed by atoms with E-state index in [1.165, 1.54) is 50.6 Å². The molecule has 17 heavy (non-hydrogen) atoms. The monoisotopic (exact) mass is 234 g/mol. The second-order valence-electron chi connectivity index (χ2n) is 5.22. The summed E-state index contributed by atoms with van der Waals surface area (Å²) in [5, 5.41) is 0. The van der Waals surface area contributed by atoms with Crippen LogP contribution in [0, 0.1) is 0 Å². The van der Waals surface area contributed by atoms with E-state index in [4.69, 9.17) is 0 Å². The molecule has 96 valence electrons. The van der Waals surface area contributed by atoms with Gasteiger partial charge in [-0.05, 0) is 18.9 Å². The van der Waals surface area contributed by atoms with Crippen molar-refractivity contribution >= 4 is 0 Å². The van der Waals surface area contributed by atoms with Gasteiger partial charge in [-0.25, -0.2) is 9.97 Å². The van der Waals surface area contributed by atoms with E-state index >= 15 is 0 Å². The van der Waals surface area contributed by atoms with E-state index < -0.39 is 0 Å². The molecule has 0 saturated carbocycles. The van der Waals surface area contributed by atoms with E-state index in [-0.39, 0.29) is 5.41 Å². The lowest BCUT2D eigenvalue weighted by atomic mass is 9.77. The van der Waals surface area contributed by atoms with Crippen molar-refractivity contribution in [2.75, 3.05) is 0 Å². The van der Waals surface area contributed by atoms with Gasteiger partial charge in [-0.2, -0.15) is 0 Å². The smallest absolute Gasteiger partial charge is 0.115 e. The fourth-order valence-electron chi connectivity index (χ4n) is 2.52. The zero-order valence-corrected chi connectivity index (χ0v) is 11.6. The normalized spacial score (nSPS) is 14.5. The summed E-state index contributed by atoms with van der Waals surface area (Å²) in [7, 11) is 0. The third-order valence-corrected chi connectivity index (χ3v) is 3.58. The summed E-state index contributed by atoms with van der Waals surface area (Å²) in [5.74, 6) is 0. The molecule has 1 heterocycles. The first-order valence-electron chi connectivity index (χ1n) is 6.99. The molecular formula is C15H26N2. The summed E-state index contributed by atoms with van der Waals surface area (Å²) in [4.78, 5) is 8.47. The Hall–Kier alpha value is -0.920. The van der Waals surface area contributed by atoms with Crippen molar-refractivity contribution in [3.8, 4) is 0 Å². The highest BCUT2D eigenvalue weighted by Crippen LogP contribution is 2.32. The summed E-state index contributed by atoms with van der Waals surface area (Å²) in [5.41, 5.74) is 1.46. The Morgan fingerprint density at radius 2 is 1.88 bits per heavy atom. The Morgan fingerprint density at radius 3 is 2.47 bits per heavy atom. The molecule has 0 aliphatic heterocycles. The number of hydrogen-bond donors (Lipinski definition) is 0. The van der Waals surface area contributed by atoms with Crippen LogP contribution in [0.15, 0.2) is 18.6 Å². The number of hydrogen-bond acceptors (Lipinski definition) is 2. The molecule has 0 radical (unpaired) electrons. The molecule has 0 fully saturated rings. The van der Waals surface area contributed by atoms with Crippen LogP contribution in [0.4, 0.5) is 0 Å². The Labute approximate surface area is 106 Å². The van der Waals surface area contributed by atoms with Crippen LogP contribution in [0.2, 0.25) is 0 Å². The van der Waals surface area contributed by atoms with E-state index in [9.17, 15) is 0 Å². The molecule has 0 N–H and O–H groups in total. The lowest BCUT2D eigenvalue weighted by molar-refractivity contribution is 0.367. The molecule has 1 aromatic rings. The SMILES string of the molecule is CCCCCCC(C)(CCC)c1ccncn1. The second kappa shape index (κ2) is 7.41. The first kappa shape index (κ1) is 14.1. The van der Waals surface area contributed by atoms with Gasteiger partial charge < -0.3 is 0 Å². The standard InChI is InChI=1S/C15H26N2/c1-4-6-7-8-11-15(3,10-5-2)14-9-12-16-13-17-14/h9,12-13H,4-8,10-11H2,1-3H3. The highest BCUT2D eigenvalue weighted by atomic mass is 14.8. The molecule has 1 aromatic heterocycles. The summed E-state index contributed by atoms with van der Waals surface area (Å²) in [6, 6.07) is 2.08. The van der Waals surface area contributed by atoms with Crippen LogP contribution in [0.25, 0.3) is 0 Å². The lowest BCUT2D eigenvalue weighted by Gasteiger charge is -2.28. The molecule has 0 bridgehead atoms. The molecule has 0 aliphatic carbocycles. The van der Waals surface area contributed by atoms with Crippen LogP contribution in [-0.4, -0.2) is 9.97 Å². The number of unbranched alkanes of at least 4 members (excludes halogenated alkanes) is 3. The average Bonchev–Trinajstić information content (AvgIpc) is 2.36. The minimum Gasteiger partial charge on any atom is -0.245 e. The van der Waals surface area contributed by atoms with Crippen molar-refractivity contribution in [2.45, 2.75) is 71.1 Å². The molecule has 1 unspecified atom stereocenters. The van der Waals surface area contributed by atoms with Gasteiger partial charge in [-0.1, -0.05) is 52.9 Å². The molecule has 2 heteroatoms. The fourth-order valence-corrected chi connectivity index (χ4v) is 2.52. The first-order valence-corrected chi connectivity index (χ1v) is 6.99. The zero-order chi connectivity index (χ0) is 12.6. The van der Waals surface area contributed by atoms with E-state index in [0.29, 0.717) is 0 Å². The third kappa shape index (κ3) is 4.45. The third-order valence-electron chi connectivity index (χ3n) is 3.58. The van der Waals surface area contributed by atoms with Gasteiger partial charge in [0.1, 0.15) is 6.33 Å². The van der Waals surface area contributed by atoms with Gasteiger partial charge in [0.25, 0.3) is 0 Å². The highest BCUT2D eigenvalue weighted by molar-refractivity contribution is 5.13. The minimum absolute atomic E-state index is 0.241. The van der Waals surface area contributed by atoms with Crippen LogP contribution < -0.4 is 0 Å². The van der Waals surface area contributed by atoms with Gasteiger partial charge >= 0.3 is 0 Å². The maximum Gasteiger partial charge on any atom is 0.115 e. The number of rotatable bonds is 8. The van der Waals surface area contributed by atoms with Crippen molar-refractivity contribution in [2.24, 2.45) is 0 Å². The van der Waals surface area contributed by atoms with Crippen molar-refractivity contribution in [3.63, 3.8) is 0 Å². The van der Waals surface area contributed by atoms with Gasteiger partial charge in [0.05, 0.1) is 0 Å². The van der Waals surface area contributed by atoms with Crippen molar-refractivity contribution in [3.05, 3.63) is 24.3 Å². The molecule has 2 nitrogen and oxygen atoms in total. The molecule has 0 saturated heterocycles.